The van der Waals surface area contributed by atoms with Crippen LogP contribution >= 0.6 is 0 Å². The molecule has 1 rings (SSSR count). The lowest BCUT2D eigenvalue weighted by Crippen LogP contribution is -2.51. The molecule has 0 radical (unpaired) electrons. The van der Waals surface area contributed by atoms with Crippen LogP contribution in [0.4, 0.5) is 0 Å². The molecule has 1 aliphatic rings. The van der Waals surface area contributed by atoms with Crippen molar-refractivity contribution in [2.75, 3.05) is 27.2 Å². The van der Waals surface area contributed by atoms with E-state index >= 15 is 0 Å². The molecule has 1 unspecified atom stereocenters. The first kappa shape index (κ1) is 13.6. The van der Waals surface area contributed by atoms with Crippen molar-refractivity contribution in [1.82, 2.24) is 10.4 Å². The minimum absolute atomic E-state index is 0.240. The normalized spacial score (nSPS) is 26.4. The van der Waals surface area contributed by atoms with Gasteiger partial charge in [0, 0.05) is 13.3 Å². The summed E-state index contributed by atoms with van der Waals surface area (Å²) in [5.74, 6) is -0.240. The number of nitrogens with one attached hydrogen (secondary N) is 1. The number of carbonyl (C=O) groups excluding carboxylic acids is 1. The minimum atomic E-state index is -0.667. The Morgan fingerprint density at radius 3 is 2.82 bits per heavy atom. The molecular weight excluding hydrogens is 220 g/mol. The second kappa shape index (κ2) is 5.77. The van der Waals surface area contributed by atoms with E-state index in [2.05, 4.69) is 27.4 Å². The van der Waals surface area contributed by atoms with E-state index in [1.807, 2.05) is 14.0 Å². The van der Waals surface area contributed by atoms with Crippen LogP contribution in [0.1, 0.15) is 19.8 Å². The average molecular weight is 240 g/mol. The molecule has 0 bridgehead atoms. The maximum absolute atomic E-state index is 12.0. The zero-order chi connectivity index (χ0) is 12.9. The molecule has 0 amide bonds. The van der Waals surface area contributed by atoms with Crippen LogP contribution in [0.5, 0.6) is 0 Å². The standard InChI is InChI=1S/C11H20N4O2/c1-9(13-14-12-2)11(10(16)17-4)6-5-7-15(3)8-11/h14H,2,5-8H2,1,3-4H3/b13-9+. The van der Waals surface area contributed by atoms with Crippen molar-refractivity contribution in [3.8, 4) is 0 Å². The fourth-order valence-electron chi connectivity index (χ4n) is 2.29. The van der Waals surface area contributed by atoms with Crippen LogP contribution < -0.4 is 5.53 Å². The molecule has 0 aliphatic carbocycles. The van der Waals surface area contributed by atoms with E-state index in [-0.39, 0.29) is 5.97 Å². The average Bonchev–Trinajstić information content (AvgIpc) is 2.34. The van der Waals surface area contributed by atoms with Crippen molar-refractivity contribution in [2.45, 2.75) is 19.8 Å². The number of ether oxygens (including phenoxy) is 1. The first-order chi connectivity index (χ1) is 8.06. The van der Waals surface area contributed by atoms with Gasteiger partial charge in [-0.1, -0.05) is 0 Å². The monoisotopic (exact) mass is 240 g/mol. The Bertz CT molecular complexity index is 329. The Morgan fingerprint density at radius 2 is 2.29 bits per heavy atom. The third kappa shape index (κ3) is 2.82. The predicted octanol–water partition coefficient (Wildman–Crippen LogP) is 0.452. The number of hydrogen-bond donors (Lipinski definition) is 1. The van der Waals surface area contributed by atoms with Crippen LogP contribution in [-0.4, -0.2) is 50.5 Å². The fraction of sp³-hybridized carbons (Fsp3) is 0.727. The fourth-order valence-corrected chi connectivity index (χ4v) is 2.29. The van der Waals surface area contributed by atoms with Crippen LogP contribution in [-0.2, 0) is 9.53 Å². The molecule has 6 heteroatoms. The van der Waals surface area contributed by atoms with E-state index in [0.717, 1.165) is 19.4 Å². The molecule has 0 aromatic heterocycles. The number of piperidine rings is 1. The van der Waals surface area contributed by atoms with Crippen molar-refractivity contribution >= 4 is 18.4 Å². The molecular formula is C11H20N4O2. The molecule has 1 atom stereocenters. The Morgan fingerprint density at radius 1 is 1.59 bits per heavy atom. The first-order valence-corrected chi connectivity index (χ1v) is 5.59. The van der Waals surface area contributed by atoms with Gasteiger partial charge in [-0.25, -0.2) is 0 Å². The highest BCUT2D eigenvalue weighted by molar-refractivity contribution is 6.05. The summed E-state index contributed by atoms with van der Waals surface area (Å²) in [5, 5.41) is 7.50. The van der Waals surface area contributed by atoms with Gasteiger partial charge in [0.05, 0.1) is 12.8 Å². The highest BCUT2D eigenvalue weighted by Gasteiger charge is 2.45. The highest BCUT2D eigenvalue weighted by Crippen LogP contribution is 2.32. The van der Waals surface area contributed by atoms with E-state index in [4.69, 9.17) is 4.74 Å². The van der Waals surface area contributed by atoms with Crippen molar-refractivity contribution in [2.24, 2.45) is 15.6 Å². The van der Waals surface area contributed by atoms with E-state index in [1.165, 1.54) is 7.11 Å². The van der Waals surface area contributed by atoms with Gasteiger partial charge in [0.1, 0.15) is 5.41 Å². The smallest absolute Gasteiger partial charge is 0.318 e. The van der Waals surface area contributed by atoms with Crippen LogP contribution in [0, 0.1) is 5.41 Å². The van der Waals surface area contributed by atoms with Gasteiger partial charge >= 0.3 is 5.97 Å². The summed E-state index contributed by atoms with van der Waals surface area (Å²) in [7, 11) is 3.40. The van der Waals surface area contributed by atoms with Gasteiger partial charge in [-0.15, -0.1) is 0 Å². The lowest BCUT2D eigenvalue weighted by molar-refractivity contribution is -0.151. The number of likely N-dealkylation sites (tertiary alicyclic amines) is 1. The second-order valence-electron chi connectivity index (χ2n) is 4.37. The van der Waals surface area contributed by atoms with Crippen molar-refractivity contribution in [3.63, 3.8) is 0 Å². The second-order valence-corrected chi connectivity index (χ2v) is 4.37. The lowest BCUT2D eigenvalue weighted by Gasteiger charge is -2.38. The molecule has 1 N–H and O–H groups in total. The van der Waals surface area contributed by atoms with Gasteiger partial charge in [-0.2, -0.15) is 15.7 Å². The Kier molecular flexibility index (Phi) is 4.62. The molecule has 6 nitrogen and oxygen atoms in total. The maximum Gasteiger partial charge on any atom is 0.318 e. The summed E-state index contributed by atoms with van der Waals surface area (Å²) in [6.07, 6.45) is 1.69. The number of hydrogen-bond acceptors (Lipinski definition) is 6. The largest absolute Gasteiger partial charge is 0.468 e. The van der Waals surface area contributed by atoms with Crippen LogP contribution in [0.15, 0.2) is 10.2 Å². The van der Waals surface area contributed by atoms with E-state index in [9.17, 15) is 4.79 Å². The Hall–Kier alpha value is -1.43. The Balaban J connectivity index is 3.00. The maximum atomic E-state index is 12.0. The number of methoxy groups -OCH3 is 1. The minimum Gasteiger partial charge on any atom is -0.468 e. The van der Waals surface area contributed by atoms with E-state index in [0.29, 0.717) is 12.3 Å². The number of carbonyl (C=O) groups is 1. The molecule has 1 saturated heterocycles. The van der Waals surface area contributed by atoms with Crippen molar-refractivity contribution in [1.29, 1.82) is 0 Å². The van der Waals surface area contributed by atoms with Crippen molar-refractivity contribution in [3.05, 3.63) is 0 Å². The summed E-state index contributed by atoms with van der Waals surface area (Å²) in [5.41, 5.74) is 2.46. The molecule has 0 saturated carbocycles. The summed E-state index contributed by atoms with van der Waals surface area (Å²) in [6.45, 7) is 6.70. The van der Waals surface area contributed by atoms with Gasteiger partial charge in [-0.3, -0.25) is 4.79 Å². The topological polar surface area (TPSA) is 66.3 Å². The zero-order valence-corrected chi connectivity index (χ0v) is 10.7. The molecule has 0 spiro atoms. The molecule has 1 aliphatic heterocycles. The quantitative estimate of drug-likeness (QED) is 0.440. The highest BCUT2D eigenvalue weighted by atomic mass is 16.5. The number of nitrogens with zero attached hydrogens (tertiary/aromatic N) is 3. The summed E-state index contributed by atoms with van der Waals surface area (Å²) < 4.78 is 4.92. The van der Waals surface area contributed by atoms with Crippen LogP contribution in [0.25, 0.3) is 0 Å². The molecule has 1 fully saturated rings. The van der Waals surface area contributed by atoms with Gasteiger partial charge in [0.2, 0.25) is 0 Å². The zero-order valence-electron chi connectivity index (χ0n) is 10.7. The molecule has 1 heterocycles. The molecule has 0 aromatic carbocycles. The predicted molar refractivity (Wildman–Crippen MR) is 67.0 cm³/mol. The van der Waals surface area contributed by atoms with Gasteiger partial charge in [-0.05, 0) is 33.4 Å². The molecule has 96 valence electrons. The summed E-state index contributed by atoms with van der Waals surface area (Å²) >= 11 is 0. The Labute approximate surface area is 102 Å². The summed E-state index contributed by atoms with van der Waals surface area (Å²) in [4.78, 5) is 14.1. The molecule has 17 heavy (non-hydrogen) atoms. The molecule has 0 aromatic rings. The van der Waals surface area contributed by atoms with Crippen LogP contribution in [0.2, 0.25) is 0 Å². The third-order valence-corrected chi connectivity index (χ3v) is 3.24. The summed E-state index contributed by atoms with van der Waals surface area (Å²) in [6, 6.07) is 0. The number of hydrazone groups is 2. The SMILES string of the molecule is C=NN/N=C(\C)C1(C(=O)OC)CCCN(C)C1. The van der Waals surface area contributed by atoms with Gasteiger partial charge in [0.25, 0.3) is 0 Å². The van der Waals surface area contributed by atoms with E-state index < -0.39 is 5.41 Å². The van der Waals surface area contributed by atoms with Gasteiger partial charge < -0.3 is 9.64 Å². The van der Waals surface area contributed by atoms with E-state index in [1.54, 1.807) is 0 Å². The number of esters is 1. The third-order valence-electron chi connectivity index (χ3n) is 3.24. The lowest BCUT2D eigenvalue weighted by atomic mass is 9.76. The number of rotatable bonds is 4. The van der Waals surface area contributed by atoms with Gasteiger partial charge in [0.15, 0.2) is 0 Å². The van der Waals surface area contributed by atoms with Crippen molar-refractivity contribution < 1.29 is 9.53 Å². The van der Waals surface area contributed by atoms with Crippen LogP contribution in [0.3, 0.4) is 0 Å². The first-order valence-electron chi connectivity index (χ1n) is 5.59.